The molecule has 1 aromatic carbocycles. The summed E-state index contributed by atoms with van der Waals surface area (Å²) in [5, 5.41) is 18.9. The second-order valence-corrected chi connectivity index (χ2v) is 5.55. The summed E-state index contributed by atoms with van der Waals surface area (Å²) in [4.78, 5) is 2.44. The van der Waals surface area contributed by atoms with Gasteiger partial charge in [0.05, 0.1) is 0 Å². The minimum atomic E-state index is 0.536. The van der Waals surface area contributed by atoms with Crippen LogP contribution in [0.25, 0.3) is 5.65 Å². The quantitative estimate of drug-likeness (QED) is 0.784. The van der Waals surface area contributed by atoms with Crippen LogP contribution in [0, 0.1) is 0 Å². The Morgan fingerprint density at radius 1 is 1.23 bits per heavy atom. The van der Waals surface area contributed by atoms with Crippen LogP contribution in [-0.2, 0) is 6.42 Å². The summed E-state index contributed by atoms with van der Waals surface area (Å²) >= 11 is 0. The Morgan fingerprint density at radius 3 is 3.09 bits per heavy atom. The lowest BCUT2D eigenvalue weighted by Gasteiger charge is -2.25. The van der Waals surface area contributed by atoms with E-state index in [9.17, 15) is 0 Å². The Hall–Kier alpha value is -2.70. The summed E-state index contributed by atoms with van der Waals surface area (Å²) in [7, 11) is 0. The monoisotopic (exact) mass is 295 g/mol. The standard InChI is InChI=1S/C15H17N7/c1-11-10-12-4-2-3-5-13(12)21(11)9-8-16-14-6-7-15-17-19-20-22(15)18-14/h2-7,11H,8-10H2,1H3,(H,16,18). The predicted octanol–water partition coefficient (Wildman–Crippen LogP) is 1.38. The molecule has 1 unspecified atom stereocenters. The van der Waals surface area contributed by atoms with Gasteiger partial charge in [-0.3, -0.25) is 0 Å². The fourth-order valence-corrected chi connectivity index (χ4v) is 3.02. The van der Waals surface area contributed by atoms with Crippen LogP contribution < -0.4 is 10.2 Å². The van der Waals surface area contributed by atoms with E-state index < -0.39 is 0 Å². The molecule has 112 valence electrons. The van der Waals surface area contributed by atoms with E-state index in [0.29, 0.717) is 11.7 Å². The number of para-hydroxylation sites is 1. The van der Waals surface area contributed by atoms with Crippen molar-refractivity contribution in [3.05, 3.63) is 42.0 Å². The number of benzene rings is 1. The SMILES string of the molecule is CC1Cc2ccccc2N1CCNc1ccc2nnnn2n1. The van der Waals surface area contributed by atoms with Crippen molar-refractivity contribution in [2.24, 2.45) is 0 Å². The zero-order chi connectivity index (χ0) is 14.9. The highest BCUT2D eigenvalue weighted by molar-refractivity contribution is 5.59. The van der Waals surface area contributed by atoms with Crippen LogP contribution in [0.2, 0.25) is 0 Å². The average Bonchev–Trinajstić information content (AvgIpc) is 3.11. The first kappa shape index (κ1) is 13.0. The molecule has 1 atom stereocenters. The zero-order valence-corrected chi connectivity index (χ0v) is 12.3. The second kappa shape index (κ2) is 5.25. The Kier molecular flexibility index (Phi) is 3.10. The molecule has 0 amide bonds. The summed E-state index contributed by atoms with van der Waals surface area (Å²) in [6.07, 6.45) is 1.12. The number of hydrogen-bond donors (Lipinski definition) is 1. The van der Waals surface area contributed by atoms with E-state index in [0.717, 1.165) is 25.3 Å². The third-order valence-corrected chi connectivity index (χ3v) is 4.08. The van der Waals surface area contributed by atoms with Gasteiger partial charge >= 0.3 is 0 Å². The van der Waals surface area contributed by atoms with Crippen molar-refractivity contribution in [3.63, 3.8) is 0 Å². The highest BCUT2D eigenvalue weighted by Gasteiger charge is 2.24. The van der Waals surface area contributed by atoms with Gasteiger partial charge in [-0.1, -0.05) is 18.2 Å². The van der Waals surface area contributed by atoms with Crippen molar-refractivity contribution >= 4 is 17.2 Å². The fraction of sp³-hybridized carbons (Fsp3) is 0.333. The number of nitrogens with zero attached hydrogens (tertiary/aromatic N) is 6. The molecule has 2 aromatic heterocycles. The number of hydrogen-bond acceptors (Lipinski definition) is 6. The molecule has 7 nitrogen and oxygen atoms in total. The zero-order valence-electron chi connectivity index (χ0n) is 12.3. The lowest BCUT2D eigenvalue weighted by atomic mass is 10.1. The van der Waals surface area contributed by atoms with E-state index >= 15 is 0 Å². The van der Waals surface area contributed by atoms with Crippen molar-refractivity contribution in [1.82, 2.24) is 25.3 Å². The van der Waals surface area contributed by atoms with E-state index in [2.05, 4.69) is 62.0 Å². The predicted molar refractivity (Wildman–Crippen MR) is 84.0 cm³/mol. The van der Waals surface area contributed by atoms with Gasteiger partial charge in [-0.25, -0.2) is 0 Å². The van der Waals surface area contributed by atoms with Crippen molar-refractivity contribution < 1.29 is 0 Å². The molecule has 1 N–H and O–H groups in total. The molecule has 0 aliphatic carbocycles. The van der Waals surface area contributed by atoms with Gasteiger partial charge in [0, 0.05) is 24.8 Å². The number of rotatable bonds is 4. The van der Waals surface area contributed by atoms with Crippen molar-refractivity contribution in [2.45, 2.75) is 19.4 Å². The maximum absolute atomic E-state index is 4.31. The van der Waals surface area contributed by atoms with Crippen LogP contribution in [-0.4, -0.2) is 44.4 Å². The van der Waals surface area contributed by atoms with E-state index in [1.807, 2.05) is 12.1 Å². The first-order chi connectivity index (χ1) is 10.8. The van der Waals surface area contributed by atoms with Gasteiger partial charge in [0.2, 0.25) is 0 Å². The normalized spacial score (nSPS) is 17.0. The van der Waals surface area contributed by atoms with Crippen LogP contribution in [0.3, 0.4) is 0 Å². The van der Waals surface area contributed by atoms with Gasteiger partial charge < -0.3 is 10.2 Å². The molecule has 0 radical (unpaired) electrons. The molecule has 0 spiro atoms. The number of aromatic nitrogens is 5. The molecule has 22 heavy (non-hydrogen) atoms. The van der Waals surface area contributed by atoms with Crippen LogP contribution in [0.5, 0.6) is 0 Å². The van der Waals surface area contributed by atoms with Gasteiger partial charge in [-0.2, -0.15) is 0 Å². The Balaban J connectivity index is 1.42. The van der Waals surface area contributed by atoms with Crippen LogP contribution >= 0.6 is 0 Å². The van der Waals surface area contributed by atoms with Gasteiger partial charge in [0.1, 0.15) is 5.82 Å². The van der Waals surface area contributed by atoms with Gasteiger partial charge in [-0.15, -0.1) is 14.8 Å². The molecule has 1 aliphatic rings. The van der Waals surface area contributed by atoms with Crippen molar-refractivity contribution in [1.29, 1.82) is 0 Å². The lowest BCUT2D eigenvalue weighted by Crippen LogP contribution is -2.33. The largest absolute Gasteiger partial charge is 0.367 e. The summed E-state index contributed by atoms with van der Waals surface area (Å²) in [5.74, 6) is 0.778. The summed E-state index contributed by atoms with van der Waals surface area (Å²) < 4.78 is 1.43. The van der Waals surface area contributed by atoms with Gasteiger partial charge in [-0.05, 0) is 47.5 Å². The number of tetrazole rings is 1. The van der Waals surface area contributed by atoms with Crippen LogP contribution in [0.4, 0.5) is 11.5 Å². The summed E-state index contributed by atoms with van der Waals surface area (Å²) in [6, 6.07) is 12.9. The molecule has 3 heterocycles. The van der Waals surface area contributed by atoms with Crippen LogP contribution in [0.15, 0.2) is 36.4 Å². The molecule has 7 heteroatoms. The smallest absolute Gasteiger partial charge is 0.200 e. The maximum Gasteiger partial charge on any atom is 0.200 e. The van der Waals surface area contributed by atoms with E-state index in [4.69, 9.17) is 0 Å². The second-order valence-electron chi connectivity index (χ2n) is 5.55. The van der Waals surface area contributed by atoms with E-state index in [1.54, 1.807) is 0 Å². The highest BCUT2D eigenvalue weighted by atomic mass is 15.6. The molecule has 4 rings (SSSR count). The van der Waals surface area contributed by atoms with Gasteiger partial charge in [0.25, 0.3) is 0 Å². The fourth-order valence-electron chi connectivity index (χ4n) is 3.02. The lowest BCUT2D eigenvalue weighted by molar-refractivity contribution is 0.678. The third-order valence-electron chi connectivity index (χ3n) is 4.08. The molecule has 0 fully saturated rings. The first-order valence-corrected chi connectivity index (χ1v) is 7.45. The number of anilines is 2. The molecule has 0 saturated heterocycles. The van der Waals surface area contributed by atoms with Crippen molar-refractivity contribution in [3.8, 4) is 0 Å². The van der Waals surface area contributed by atoms with Crippen LogP contribution in [0.1, 0.15) is 12.5 Å². The highest BCUT2D eigenvalue weighted by Crippen LogP contribution is 2.31. The third kappa shape index (κ3) is 2.24. The number of fused-ring (bicyclic) bond motifs is 2. The van der Waals surface area contributed by atoms with Crippen molar-refractivity contribution in [2.75, 3.05) is 23.3 Å². The molecular weight excluding hydrogens is 278 g/mol. The minimum Gasteiger partial charge on any atom is -0.367 e. The molecule has 0 bridgehead atoms. The first-order valence-electron chi connectivity index (χ1n) is 7.45. The molecular formula is C15H17N7. The summed E-state index contributed by atoms with van der Waals surface area (Å²) in [5.41, 5.74) is 3.43. The van der Waals surface area contributed by atoms with E-state index in [1.165, 1.54) is 15.9 Å². The Labute approximate surface area is 127 Å². The molecule has 0 saturated carbocycles. The number of nitrogens with one attached hydrogen (secondary N) is 1. The van der Waals surface area contributed by atoms with Gasteiger partial charge in [0.15, 0.2) is 5.65 Å². The molecule has 3 aromatic rings. The average molecular weight is 295 g/mol. The minimum absolute atomic E-state index is 0.536. The summed E-state index contributed by atoms with van der Waals surface area (Å²) in [6.45, 7) is 4.03. The Morgan fingerprint density at radius 2 is 2.14 bits per heavy atom. The maximum atomic E-state index is 4.31. The molecule has 1 aliphatic heterocycles. The van der Waals surface area contributed by atoms with E-state index in [-0.39, 0.29) is 0 Å². The Bertz CT molecular complexity index is 797. The topological polar surface area (TPSA) is 71.2 Å².